The predicted molar refractivity (Wildman–Crippen MR) is 104 cm³/mol. The summed E-state index contributed by atoms with van der Waals surface area (Å²) in [5, 5.41) is 5.93. The highest BCUT2D eigenvalue weighted by molar-refractivity contribution is 5.94. The van der Waals surface area contributed by atoms with E-state index in [9.17, 15) is 9.59 Å². The summed E-state index contributed by atoms with van der Waals surface area (Å²) in [7, 11) is 0. The molecular formula is C21H25N3O2. The van der Waals surface area contributed by atoms with Gasteiger partial charge >= 0.3 is 6.03 Å². The minimum atomic E-state index is -0.107. The van der Waals surface area contributed by atoms with Crippen molar-refractivity contribution < 1.29 is 9.59 Å². The first-order valence-electron chi connectivity index (χ1n) is 9.02. The average Bonchev–Trinajstić information content (AvgIpc) is 2.65. The van der Waals surface area contributed by atoms with Crippen LogP contribution in [0.25, 0.3) is 0 Å². The molecule has 136 valence electrons. The van der Waals surface area contributed by atoms with Gasteiger partial charge in [0, 0.05) is 30.4 Å². The largest absolute Gasteiger partial charge is 0.326 e. The number of carbonyl (C=O) groups is 2. The predicted octanol–water partition coefficient (Wildman–Crippen LogP) is 4.19. The molecule has 3 rings (SSSR count). The molecule has 0 saturated carbocycles. The SMILES string of the molecule is Cc1ccc(NC(=O)C2CCN(C(=O)Nc3ccccc3)CC2)c(C)c1. The van der Waals surface area contributed by atoms with E-state index < -0.39 is 0 Å². The van der Waals surface area contributed by atoms with Gasteiger partial charge in [0.25, 0.3) is 0 Å². The topological polar surface area (TPSA) is 61.4 Å². The maximum Gasteiger partial charge on any atom is 0.321 e. The lowest BCUT2D eigenvalue weighted by molar-refractivity contribution is -0.121. The zero-order valence-corrected chi connectivity index (χ0v) is 15.3. The lowest BCUT2D eigenvalue weighted by Gasteiger charge is -2.31. The van der Waals surface area contributed by atoms with Gasteiger partial charge in [0.05, 0.1) is 0 Å². The second-order valence-electron chi connectivity index (χ2n) is 6.87. The number of nitrogens with zero attached hydrogens (tertiary/aromatic N) is 1. The zero-order valence-electron chi connectivity index (χ0n) is 15.3. The third-order valence-corrected chi connectivity index (χ3v) is 4.82. The zero-order chi connectivity index (χ0) is 18.5. The van der Waals surface area contributed by atoms with Crippen molar-refractivity contribution in [2.24, 2.45) is 5.92 Å². The molecule has 5 heteroatoms. The van der Waals surface area contributed by atoms with Gasteiger partial charge in [-0.05, 0) is 50.5 Å². The third-order valence-electron chi connectivity index (χ3n) is 4.82. The van der Waals surface area contributed by atoms with Gasteiger partial charge in [0.2, 0.25) is 5.91 Å². The Labute approximate surface area is 154 Å². The molecule has 0 atom stereocenters. The van der Waals surface area contributed by atoms with Crippen LogP contribution in [0.15, 0.2) is 48.5 Å². The summed E-state index contributed by atoms with van der Waals surface area (Å²) in [5.74, 6) is -0.0171. The van der Waals surface area contributed by atoms with E-state index in [1.807, 2.05) is 56.3 Å². The fourth-order valence-corrected chi connectivity index (χ4v) is 3.26. The number of para-hydroxylation sites is 1. The van der Waals surface area contributed by atoms with E-state index in [0.717, 1.165) is 16.9 Å². The van der Waals surface area contributed by atoms with E-state index in [2.05, 4.69) is 16.7 Å². The number of benzene rings is 2. The summed E-state index contributed by atoms with van der Waals surface area (Å²) < 4.78 is 0. The number of rotatable bonds is 3. The molecule has 5 nitrogen and oxygen atoms in total. The molecule has 0 aromatic heterocycles. The molecule has 1 heterocycles. The molecule has 1 aliphatic heterocycles. The molecule has 0 radical (unpaired) electrons. The summed E-state index contributed by atoms with van der Waals surface area (Å²) in [6.07, 6.45) is 1.36. The first-order chi connectivity index (χ1) is 12.5. The standard InChI is InChI=1S/C21H25N3O2/c1-15-8-9-19(16(2)14-15)23-20(25)17-10-12-24(13-11-17)21(26)22-18-6-4-3-5-7-18/h3-9,14,17H,10-13H2,1-2H3,(H,22,26)(H,23,25). The van der Waals surface area contributed by atoms with Crippen LogP contribution in [0, 0.1) is 19.8 Å². The summed E-state index contributed by atoms with van der Waals surface area (Å²) in [4.78, 5) is 26.6. The molecule has 2 N–H and O–H groups in total. The normalized spacial score (nSPS) is 14.8. The van der Waals surface area contributed by atoms with Crippen LogP contribution >= 0.6 is 0 Å². The molecule has 1 fully saturated rings. The Bertz CT molecular complexity index is 781. The summed E-state index contributed by atoms with van der Waals surface area (Å²) in [5.41, 5.74) is 3.90. The van der Waals surface area contributed by atoms with Crippen molar-refractivity contribution >= 4 is 23.3 Å². The van der Waals surface area contributed by atoms with Crippen LogP contribution in [-0.4, -0.2) is 29.9 Å². The smallest absolute Gasteiger partial charge is 0.321 e. The molecule has 1 aliphatic rings. The van der Waals surface area contributed by atoms with Gasteiger partial charge < -0.3 is 15.5 Å². The molecule has 0 spiro atoms. The molecular weight excluding hydrogens is 326 g/mol. The van der Waals surface area contributed by atoms with Gasteiger partial charge in [-0.1, -0.05) is 35.9 Å². The lowest BCUT2D eigenvalue weighted by Crippen LogP contribution is -2.43. The van der Waals surface area contributed by atoms with Gasteiger partial charge in [-0.25, -0.2) is 4.79 Å². The van der Waals surface area contributed by atoms with Crippen molar-refractivity contribution in [3.8, 4) is 0 Å². The van der Waals surface area contributed by atoms with Crippen molar-refractivity contribution in [2.45, 2.75) is 26.7 Å². The Morgan fingerprint density at radius 3 is 2.31 bits per heavy atom. The van der Waals surface area contributed by atoms with Gasteiger partial charge in [-0.2, -0.15) is 0 Å². The summed E-state index contributed by atoms with van der Waals surface area (Å²) in [6.45, 7) is 5.21. The fraction of sp³-hybridized carbons (Fsp3) is 0.333. The Balaban J connectivity index is 1.51. The first kappa shape index (κ1) is 18.0. The van der Waals surface area contributed by atoms with E-state index >= 15 is 0 Å². The molecule has 0 aliphatic carbocycles. The number of nitrogens with one attached hydrogen (secondary N) is 2. The highest BCUT2D eigenvalue weighted by atomic mass is 16.2. The molecule has 0 unspecified atom stereocenters. The van der Waals surface area contributed by atoms with Crippen LogP contribution in [0.4, 0.5) is 16.2 Å². The van der Waals surface area contributed by atoms with E-state index in [1.54, 1.807) is 4.90 Å². The number of piperidine rings is 1. The maximum absolute atomic E-state index is 12.5. The van der Waals surface area contributed by atoms with Crippen molar-refractivity contribution in [1.82, 2.24) is 4.90 Å². The molecule has 26 heavy (non-hydrogen) atoms. The second kappa shape index (κ2) is 8.04. The number of hydrogen-bond acceptors (Lipinski definition) is 2. The number of likely N-dealkylation sites (tertiary alicyclic amines) is 1. The fourth-order valence-electron chi connectivity index (χ4n) is 3.26. The Hall–Kier alpha value is -2.82. The van der Waals surface area contributed by atoms with Gasteiger partial charge in [-0.3, -0.25) is 4.79 Å². The summed E-state index contributed by atoms with van der Waals surface area (Å²) >= 11 is 0. The molecule has 2 aromatic carbocycles. The van der Waals surface area contributed by atoms with Crippen LogP contribution in [0.1, 0.15) is 24.0 Å². The van der Waals surface area contributed by atoms with E-state index in [4.69, 9.17) is 0 Å². The van der Waals surface area contributed by atoms with Crippen LogP contribution in [0.3, 0.4) is 0 Å². The molecule has 2 aromatic rings. The van der Waals surface area contributed by atoms with Crippen molar-refractivity contribution in [2.75, 3.05) is 23.7 Å². The summed E-state index contributed by atoms with van der Waals surface area (Å²) in [6, 6.07) is 15.3. The Morgan fingerprint density at radius 1 is 0.962 bits per heavy atom. The first-order valence-corrected chi connectivity index (χ1v) is 9.02. The minimum Gasteiger partial charge on any atom is -0.326 e. The van der Waals surface area contributed by atoms with Gasteiger partial charge in [0.1, 0.15) is 0 Å². The number of amides is 3. The van der Waals surface area contributed by atoms with Crippen LogP contribution < -0.4 is 10.6 Å². The van der Waals surface area contributed by atoms with Gasteiger partial charge in [-0.15, -0.1) is 0 Å². The lowest BCUT2D eigenvalue weighted by atomic mass is 9.95. The van der Waals surface area contributed by atoms with Crippen LogP contribution in [0.2, 0.25) is 0 Å². The molecule has 1 saturated heterocycles. The monoisotopic (exact) mass is 351 g/mol. The quantitative estimate of drug-likeness (QED) is 0.871. The average molecular weight is 351 g/mol. The van der Waals surface area contributed by atoms with E-state index in [-0.39, 0.29) is 17.9 Å². The maximum atomic E-state index is 12.5. The number of carbonyl (C=O) groups excluding carboxylic acids is 2. The Kier molecular flexibility index (Phi) is 5.56. The highest BCUT2D eigenvalue weighted by Crippen LogP contribution is 2.22. The Morgan fingerprint density at radius 2 is 1.65 bits per heavy atom. The number of aryl methyl sites for hydroxylation is 2. The number of anilines is 2. The molecule has 0 bridgehead atoms. The van der Waals surface area contributed by atoms with Crippen LogP contribution in [-0.2, 0) is 4.79 Å². The highest BCUT2D eigenvalue weighted by Gasteiger charge is 2.27. The van der Waals surface area contributed by atoms with E-state index in [0.29, 0.717) is 25.9 Å². The third kappa shape index (κ3) is 4.42. The van der Waals surface area contributed by atoms with Crippen LogP contribution in [0.5, 0.6) is 0 Å². The van der Waals surface area contributed by atoms with Crippen molar-refractivity contribution in [3.05, 3.63) is 59.7 Å². The van der Waals surface area contributed by atoms with Crippen molar-refractivity contribution in [3.63, 3.8) is 0 Å². The molecule has 3 amide bonds. The van der Waals surface area contributed by atoms with E-state index in [1.165, 1.54) is 5.56 Å². The second-order valence-corrected chi connectivity index (χ2v) is 6.87. The minimum absolute atomic E-state index is 0.0417. The number of urea groups is 1. The van der Waals surface area contributed by atoms with Crippen molar-refractivity contribution in [1.29, 1.82) is 0 Å². The number of hydrogen-bond donors (Lipinski definition) is 2. The van der Waals surface area contributed by atoms with Gasteiger partial charge in [0.15, 0.2) is 0 Å².